The lowest BCUT2D eigenvalue weighted by molar-refractivity contribution is -0.138. The van der Waals surface area contributed by atoms with Crippen LogP contribution in [0, 0.1) is 0 Å². The van der Waals surface area contributed by atoms with Crippen molar-refractivity contribution in [2.75, 3.05) is 6.61 Å². The molecular weight excluding hydrogens is 204 g/mol. The van der Waals surface area contributed by atoms with E-state index in [9.17, 15) is 4.79 Å². The van der Waals surface area contributed by atoms with E-state index < -0.39 is 5.66 Å². The first-order valence-corrected chi connectivity index (χ1v) is 5.60. The van der Waals surface area contributed by atoms with E-state index in [1.807, 2.05) is 13.8 Å². The van der Waals surface area contributed by atoms with Crippen LogP contribution in [0.2, 0.25) is 0 Å². The zero-order valence-corrected chi connectivity index (χ0v) is 10.2. The van der Waals surface area contributed by atoms with Crippen LogP contribution < -0.4 is 11.1 Å². The summed E-state index contributed by atoms with van der Waals surface area (Å²) < 4.78 is 5.11. The maximum absolute atomic E-state index is 11.6. The van der Waals surface area contributed by atoms with E-state index in [0.29, 0.717) is 12.2 Å². The number of carbonyl (C=O) groups excluding carboxylic acids is 1. The molecule has 0 radical (unpaired) electrons. The van der Waals surface area contributed by atoms with Gasteiger partial charge in [-0.3, -0.25) is 0 Å². The predicted molar refractivity (Wildman–Crippen MR) is 63.4 cm³/mol. The molecule has 16 heavy (non-hydrogen) atoms. The molecule has 0 aromatic rings. The van der Waals surface area contributed by atoms with Crippen molar-refractivity contribution < 1.29 is 9.53 Å². The smallest absolute Gasteiger partial charge is 0.339 e. The second kappa shape index (κ2) is 5.16. The minimum atomic E-state index is -0.576. The zero-order valence-electron chi connectivity index (χ0n) is 10.2. The Balaban J connectivity index is 2.57. The van der Waals surface area contributed by atoms with Crippen molar-refractivity contribution >= 4 is 5.97 Å². The quantitative estimate of drug-likeness (QED) is 0.560. The van der Waals surface area contributed by atoms with E-state index in [1.54, 1.807) is 12.3 Å². The zero-order chi connectivity index (χ0) is 12.2. The van der Waals surface area contributed by atoms with E-state index in [4.69, 9.17) is 10.5 Å². The van der Waals surface area contributed by atoms with Gasteiger partial charge in [-0.1, -0.05) is 13.3 Å². The van der Waals surface area contributed by atoms with Crippen LogP contribution in [-0.4, -0.2) is 18.2 Å². The molecule has 1 unspecified atom stereocenters. The van der Waals surface area contributed by atoms with Crippen LogP contribution in [0.25, 0.3) is 0 Å². The van der Waals surface area contributed by atoms with Gasteiger partial charge in [0.1, 0.15) is 5.66 Å². The molecule has 1 rings (SSSR count). The first kappa shape index (κ1) is 12.8. The fourth-order valence-corrected chi connectivity index (χ4v) is 1.28. The average Bonchev–Trinajstić information content (AvgIpc) is 2.22. The highest BCUT2D eigenvalue weighted by atomic mass is 16.5. The third kappa shape index (κ3) is 3.10. The van der Waals surface area contributed by atoms with Gasteiger partial charge in [-0.2, -0.15) is 0 Å². The maximum Gasteiger partial charge on any atom is 0.339 e. The first-order chi connectivity index (χ1) is 7.47. The number of unbranched alkanes of at least 4 members (excludes halogenated alkanes) is 1. The van der Waals surface area contributed by atoms with Crippen LogP contribution >= 0.6 is 0 Å². The van der Waals surface area contributed by atoms with E-state index >= 15 is 0 Å². The van der Waals surface area contributed by atoms with Crippen molar-refractivity contribution in [3.63, 3.8) is 0 Å². The van der Waals surface area contributed by atoms with E-state index in [1.165, 1.54) is 0 Å². The lowest BCUT2D eigenvalue weighted by atomic mass is 9.98. The average molecular weight is 224 g/mol. The van der Waals surface area contributed by atoms with Gasteiger partial charge in [-0.25, -0.2) is 4.79 Å². The van der Waals surface area contributed by atoms with Crippen molar-refractivity contribution in [1.82, 2.24) is 5.32 Å². The molecule has 0 fully saturated rings. The van der Waals surface area contributed by atoms with Crippen LogP contribution in [0.15, 0.2) is 23.4 Å². The first-order valence-electron chi connectivity index (χ1n) is 5.60. The number of ether oxygens (including phenoxy) is 1. The van der Waals surface area contributed by atoms with Gasteiger partial charge in [0, 0.05) is 6.20 Å². The highest BCUT2D eigenvalue weighted by molar-refractivity contribution is 5.92. The van der Waals surface area contributed by atoms with Crippen molar-refractivity contribution in [2.45, 2.75) is 39.3 Å². The molecule has 0 aliphatic carbocycles. The topological polar surface area (TPSA) is 64.3 Å². The second-order valence-corrected chi connectivity index (χ2v) is 4.26. The molecule has 1 heterocycles. The Morgan fingerprint density at radius 1 is 1.62 bits per heavy atom. The number of carbonyl (C=O) groups is 1. The third-order valence-corrected chi connectivity index (χ3v) is 2.69. The van der Waals surface area contributed by atoms with Crippen molar-refractivity contribution in [1.29, 1.82) is 0 Å². The number of esters is 1. The maximum atomic E-state index is 11.6. The van der Waals surface area contributed by atoms with Crippen LogP contribution in [0.1, 0.15) is 33.6 Å². The molecule has 0 saturated heterocycles. The summed E-state index contributed by atoms with van der Waals surface area (Å²) in [5.41, 5.74) is 6.79. The van der Waals surface area contributed by atoms with Gasteiger partial charge in [0.2, 0.25) is 0 Å². The minimum absolute atomic E-state index is 0.296. The molecule has 0 bridgehead atoms. The van der Waals surface area contributed by atoms with Gasteiger partial charge >= 0.3 is 5.97 Å². The number of hydrogen-bond acceptors (Lipinski definition) is 4. The molecule has 1 atom stereocenters. The summed E-state index contributed by atoms with van der Waals surface area (Å²) in [6.07, 6.45) is 5.29. The van der Waals surface area contributed by atoms with Gasteiger partial charge in [-0.05, 0) is 31.9 Å². The summed E-state index contributed by atoms with van der Waals surface area (Å²) in [7, 11) is 0. The fraction of sp³-hybridized carbons (Fsp3) is 0.583. The number of hydrogen-bond donors (Lipinski definition) is 2. The van der Waals surface area contributed by atoms with E-state index in [0.717, 1.165) is 18.4 Å². The summed E-state index contributed by atoms with van der Waals surface area (Å²) >= 11 is 0. The summed E-state index contributed by atoms with van der Waals surface area (Å²) in [6, 6.07) is 0. The molecule has 3 N–H and O–H groups in total. The molecule has 0 spiro atoms. The Hall–Kier alpha value is -1.29. The molecule has 0 saturated carbocycles. The minimum Gasteiger partial charge on any atom is -0.462 e. The Morgan fingerprint density at radius 2 is 2.31 bits per heavy atom. The molecular formula is C12H20N2O2. The summed E-state index contributed by atoms with van der Waals surface area (Å²) in [6.45, 7) is 6.27. The molecule has 1 aliphatic heterocycles. The largest absolute Gasteiger partial charge is 0.462 e. The number of dihydropyridines is 1. The SMILES string of the molecule is CCCCOC(=O)C1=CNC(C)(N)C(C)=C1. The Labute approximate surface area is 96.5 Å². The Kier molecular flexibility index (Phi) is 4.12. The summed E-state index contributed by atoms with van der Waals surface area (Å²) in [5, 5.41) is 2.98. The van der Waals surface area contributed by atoms with Crippen molar-refractivity contribution in [2.24, 2.45) is 5.73 Å². The highest BCUT2D eigenvalue weighted by Gasteiger charge is 2.24. The monoisotopic (exact) mass is 224 g/mol. The molecule has 4 nitrogen and oxygen atoms in total. The number of nitrogens with two attached hydrogens (primary N) is 1. The van der Waals surface area contributed by atoms with Gasteiger partial charge in [0.15, 0.2) is 0 Å². The van der Waals surface area contributed by atoms with E-state index in [2.05, 4.69) is 12.2 Å². The lowest BCUT2D eigenvalue weighted by Crippen LogP contribution is -2.51. The molecule has 0 amide bonds. The van der Waals surface area contributed by atoms with Gasteiger partial charge in [0.25, 0.3) is 0 Å². The highest BCUT2D eigenvalue weighted by Crippen LogP contribution is 2.18. The molecule has 1 aliphatic rings. The molecule has 0 aromatic carbocycles. The van der Waals surface area contributed by atoms with Crippen LogP contribution in [0.4, 0.5) is 0 Å². The van der Waals surface area contributed by atoms with Crippen LogP contribution in [0.3, 0.4) is 0 Å². The number of nitrogens with one attached hydrogen (secondary N) is 1. The normalized spacial score (nSPS) is 24.2. The molecule has 4 heteroatoms. The second-order valence-electron chi connectivity index (χ2n) is 4.26. The van der Waals surface area contributed by atoms with Crippen LogP contribution in [0.5, 0.6) is 0 Å². The van der Waals surface area contributed by atoms with Gasteiger partial charge < -0.3 is 15.8 Å². The number of rotatable bonds is 4. The van der Waals surface area contributed by atoms with Crippen molar-refractivity contribution in [3.05, 3.63) is 23.4 Å². The van der Waals surface area contributed by atoms with E-state index in [-0.39, 0.29) is 5.97 Å². The third-order valence-electron chi connectivity index (χ3n) is 2.69. The standard InChI is InChI=1S/C12H20N2O2/c1-4-5-6-16-11(15)10-7-9(2)12(3,13)14-8-10/h7-8,14H,4-6,13H2,1-3H3. The molecule has 90 valence electrons. The Bertz CT molecular complexity index is 330. The lowest BCUT2D eigenvalue weighted by Gasteiger charge is -2.30. The van der Waals surface area contributed by atoms with Gasteiger partial charge in [0.05, 0.1) is 12.2 Å². The summed E-state index contributed by atoms with van der Waals surface area (Å²) in [5.74, 6) is -0.296. The van der Waals surface area contributed by atoms with Crippen LogP contribution in [-0.2, 0) is 9.53 Å². The summed E-state index contributed by atoms with van der Waals surface area (Å²) in [4.78, 5) is 11.6. The van der Waals surface area contributed by atoms with Crippen molar-refractivity contribution in [3.8, 4) is 0 Å². The Morgan fingerprint density at radius 3 is 2.88 bits per heavy atom. The fourth-order valence-electron chi connectivity index (χ4n) is 1.28. The predicted octanol–water partition coefficient (Wildman–Crippen LogP) is 1.44. The van der Waals surface area contributed by atoms with Gasteiger partial charge in [-0.15, -0.1) is 0 Å². The molecule has 0 aromatic heterocycles.